The smallest absolute Gasteiger partial charge is 0.181 e. The molecule has 0 heterocycles. The van der Waals surface area contributed by atoms with E-state index in [1.165, 1.54) is 18.2 Å². The number of sulfone groups is 1. The van der Waals surface area contributed by atoms with Crippen molar-refractivity contribution in [3.8, 4) is 6.07 Å². The highest BCUT2D eigenvalue weighted by atomic mass is 32.2. The molecule has 5 heteroatoms. The number of halogens is 1. The van der Waals surface area contributed by atoms with E-state index in [1.807, 2.05) is 6.07 Å². The van der Waals surface area contributed by atoms with Crippen molar-refractivity contribution in [1.82, 2.24) is 0 Å². The molecule has 3 nitrogen and oxygen atoms in total. The Morgan fingerprint density at radius 2 is 1.94 bits per heavy atom. The van der Waals surface area contributed by atoms with Gasteiger partial charge in [0.1, 0.15) is 10.7 Å². The summed E-state index contributed by atoms with van der Waals surface area (Å²) in [5, 5.41) is 8.80. The second-order valence-electron chi connectivity index (χ2n) is 4.49. The maximum Gasteiger partial charge on any atom is 0.181 e. The van der Waals surface area contributed by atoms with Crippen LogP contribution in [0, 0.1) is 22.6 Å². The van der Waals surface area contributed by atoms with Crippen molar-refractivity contribution in [2.75, 3.05) is 5.75 Å². The van der Waals surface area contributed by atoms with E-state index < -0.39 is 21.1 Å². The first-order valence-corrected chi connectivity index (χ1v) is 6.82. The second-order valence-corrected chi connectivity index (χ2v) is 6.57. The molecule has 0 unspecified atom stereocenters. The van der Waals surface area contributed by atoms with Gasteiger partial charge >= 0.3 is 0 Å². The topological polar surface area (TPSA) is 57.9 Å². The molecule has 1 rings (SSSR count). The standard InChI is InChI=1S/C12H14FNO2S/c1-12(2,9-14)7-8-17(15,16)11-6-4-3-5-10(11)13/h3-6H,7-8H2,1-2H3. The van der Waals surface area contributed by atoms with Gasteiger partial charge in [-0.3, -0.25) is 0 Å². The van der Waals surface area contributed by atoms with Gasteiger partial charge in [0.15, 0.2) is 9.84 Å². The van der Waals surface area contributed by atoms with Crippen LogP contribution in [0.15, 0.2) is 29.2 Å². The number of nitrogens with zero attached hydrogens (tertiary/aromatic N) is 1. The fourth-order valence-corrected chi connectivity index (χ4v) is 2.90. The number of hydrogen-bond donors (Lipinski definition) is 0. The highest BCUT2D eigenvalue weighted by Crippen LogP contribution is 2.23. The molecule has 0 spiro atoms. The quantitative estimate of drug-likeness (QED) is 0.830. The Morgan fingerprint density at radius 3 is 2.47 bits per heavy atom. The summed E-state index contributed by atoms with van der Waals surface area (Å²) in [6.07, 6.45) is 0.181. The number of nitriles is 1. The molecule has 0 aromatic heterocycles. The first kappa shape index (κ1) is 13.7. The van der Waals surface area contributed by atoms with Crippen LogP contribution in [0.2, 0.25) is 0 Å². The lowest BCUT2D eigenvalue weighted by atomic mass is 9.93. The van der Waals surface area contributed by atoms with E-state index in [0.717, 1.165) is 6.07 Å². The van der Waals surface area contributed by atoms with Crippen LogP contribution in [0.1, 0.15) is 20.3 Å². The maximum absolute atomic E-state index is 13.3. The first-order chi connectivity index (χ1) is 7.78. The maximum atomic E-state index is 13.3. The zero-order valence-corrected chi connectivity index (χ0v) is 10.6. The van der Waals surface area contributed by atoms with Crippen LogP contribution in [-0.2, 0) is 9.84 Å². The van der Waals surface area contributed by atoms with Gasteiger partial charge in [0.2, 0.25) is 0 Å². The van der Waals surface area contributed by atoms with E-state index in [1.54, 1.807) is 13.8 Å². The summed E-state index contributed by atoms with van der Waals surface area (Å²) in [6.45, 7) is 3.31. The van der Waals surface area contributed by atoms with Crippen molar-refractivity contribution in [1.29, 1.82) is 5.26 Å². The fraction of sp³-hybridized carbons (Fsp3) is 0.417. The van der Waals surface area contributed by atoms with Crippen LogP contribution in [-0.4, -0.2) is 14.2 Å². The van der Waals surface area contributed by atoms with Crippen LogP contribution in [0.4, 0.5) is 4.39 Å². The Kier molecular flexibility index (Phi) is 3.89. The van der Waals surface area contributed by atoms with Crippen LogP contribution in [0.25, 0.3) is 0 Å². The summed E-state index contributed by atoms with van der Waals surface area (Å²) >= 11 is 0. The number of hydrogen-bond acceptors (Lipinski definition) is 3. The second kappa shape index (κ2) is 4.84. The molecular weight excluding hydrogens is 241 g/mol. The molecule has 0 saturated heterocycles. The molecule has 0 atom stereocenters. The normalized spacial score (nSPS) is 12.1. The molecule has 0 amide bonds. The average Bonchev–Trinajstić information content (AvgIpc) is 2.27. The van der Waals surface area contributed by atoms with E-state index in [4.69, 9.17) is 5.26 Å². The van der Waals surface area contributed by atoms with E-state index in [9.17, 15) is 12.8 Å². The molecule has 0 radical (unpaired) electrons. The lowest BCUT2D eigenvalue weighted by Crippen LogP contribution is -2.17. The summed E-state index contributed by atoms with van der Waals surface area (Å²) < 4.78 is 37.1. The Bertz CT molecular complexity index is 544. The van der Waals surface area contributed by atoms with Crippen molar-refractivity contribution < 1.29 is 12.8 Å². The average molecular weight is 255 g/mol. The Hall–Kier alpha value is -1.41. The Balaban J connectivity index is 2.92. The predicted octanol–water partition coefficient (Wildman–Crippen LogP) is 2.54. The van der Waals surface area contributed by atoms with E-state index in [0.29, 0.717) is 0 Å². The molecule has 0 aliphatic carbocycles. The minimum atomic E-state index is -3.66. The summed E-state index contributed by atoms with van der Waals surface area (Å²) in [5.41, 5.74) is -0.724. The lowest BCUT2D eigenvalue weighted by molar-refractivity contribution is 0.472. The molecular formula is C12H14FNO2S. The van der Waals surface area contributed by atoms with Gasteiger partial charge in [0.05, 0.1) is 17.2 Å². The molecule has 0 saturated carbocycles. The van der Waals surface area contributed by atoms with E-state index in [2.05, 4.69) is 0 Å². The van der Waals surface area contributed by atoms with E-state index in [-0.39, 0.29) is 17.1 Å². The fourth-order valence-electron chi connectivity index (χ4n) is 1.25. The third-order valence-corrected chi connectivity index (χ3v) is 4.21. The third kappa shape index (κ3) is 3.53. The van der Waals surface area contributed by atoms with Crippen LogP contribution in [0.3, 0.4) is 0 Å². The van der Waals surface area contributed by atoms with Gasteiger partial charge in [-0.15, -0.1) is 0 Å². The molecule has 1 aromatic rings. The molecule has 0 aliphatic heterocycles. The first-order valence-electron chi connectivity index (χ1n) is 5.17. The zero-order chi connectivity index (χ0) is 13.1. The number of rotatable bonds is 4. The predicted molar refractivity (Wildman–Crippen MR) is 62.5 cm³/mol. The minimum absolute atomic E-state index is 0.181. The molecule has 1 aromatic carbocycles. The van der Waals surface area contributed by atoms with Crippen molar-refractivity contribution in [3.05, 3.63) is 30.1 Å². The van der Waals surface area contributed by atoms with Gasteiger partial charge < -0.3 is 0 Å². The van der Waals surface area contributed by atoms with Gasteiger partial charge in [-0.1, -0.05) is 12.1 Å². The Morgan fingerprint density at radius 1 is 1.35 bits per heavy atom. The van der Waals surface area contributed by atoms with Gasteiger partial charge in [-0.25, -0.2) is 12.8 Å². The van der Waals surface area contributed by atoms with Crippen LogP contribution >= 0.6 is 0 Å². The van der Waals surface area contributed by atoms with Gasteiger partial charge in [-0.05, 0) is 32.4 Å². The van der Waals surface area contributed by atoms with Crippen molar-refractivity contribution in [2.45, 2.75) is 25.2 Å². The van der Waals surface area contributed by atoms with Gasteiger partial charge in [-0.2, -0.15) is 5.26 Å². The van der Waals surface area contributed by atoms with Gasteiger partial charge in [0.25, 0.3) is 0 Å². The SMILES string of the molecule is CC(C)(C#N)CCS(=O)(=O)c1ccccc1F. The highest BCUT2D eigenvalue weighted by Gasteiger charge is 2.24. The Labute approximate surface area is 101 Å². The third-order valence-electron chi connectivity index (χ3n) is 2.47. The molecule has 0 bridgehead atoms. The number of benzene rings is 1. The van der Waals surface area contributed by atoms with Crippen molar-refractivity contribution in [3.63, 3.8) is 0 Å². The van der Waals surface area contributed by atoms with E-state index >= 15 is 0 Å². The van der Waals surface area contributed by atoms with Crippen molar-refractivity contribution >= 4 is 9.84 Å². The van der Waals surface area contributed by atoms with Crippen LogP contribution in [0.5, 0.6) is 0 Å². The lowest BCUT2D eigenvalue weighted by Gasteiger charge is -2.14. The monoisotopic (exact) mass is 255 g/mol. The summed E-state index contributed by atoms with van der Waals surface area (Å²) in [7, 11) is -3.66. The highest BCUT2D eigenvalue weighted by molar-refractivity contribution is 7.91. The largest absolute Gasteiger partial charge is 0.224 e. The molecule has 0 aliphatic rings. The molecule has 0 N–H and O–H groups in total. The van der Waals surface area contributed by atoms with Gasteiger partial charge in [0, 0.05) is 0 Å². The van der Waals surface area contributed by atoms with Crippen molar-refractivity contribution in [2.24, 2.45) is 5.41 Å². The summed E-state index contributed by atoms with van der Waals surface area (Å²) in [4.78, 5) is -0.297. The minimum Gasteiger partial charge on any atom is -0.224 e. The molecule has 0 fully saturated rings. The zero-order valence-electron chi connectivity index (χ0n) is 9.77. The molecule has 92 valence electrons. The van der Waals surface area contributed by atoms with Crippen LogP contribution < -0.4 is 0 Å². The molecule has 17 heavy (non-hydrogen) atoms. The summed E-state index contributed by atoms with van der Waals surface area (Å²) in [6, 6.07) is 7.29. The summed E-state index contributed by atoms with van der Waals surface area (Å²) in [5.74, 6) is -0.976.